The second-order valence-corrected chi connectivity index (χ2v) is 8.39. The summed E-state index contributed by atoms with van der Waals surface area (Å²) >= 11 is 0. The van der Waals surface area contributed by atoms with Crippen LogP contribution in [0.15, 0.2) is 28.9 Å². The average molecular weight is 425 g/mol. The molecule has 3 rings (SSSR count). The number of aromatic nitrogens is 2. The van der Waals surface area contributed by atoms with Crippen LogP contribution >= 0.6 is 0 Å². The molecule has 3 heterocycles. The Morgan fingerprint density at radius 3 is 2.53 bits per heavy atom. The monoisotopic (exact) mass is 425 g/mol. The Kier molecular flexibility index (Phi) is 6.35. The Bertz CT molecular complexity index is 859. The number of carbonyl (C=O) groups excluding carboxylic acids is 1. The third-order valence-electron chi connectivity index (χ3n) is 4.90. The first-order chi connectivity index (χ1) is 14.0. The van der Waals surface area contributed by atoms with E-state index in [-0.39, 0.29) is 17.9 Å². The fraction of sp³-hybridized carbons (Fsp3) is 0.550. The summed E-state index contributed by atoms with van der Waals surface area (Å²) in [5.41, 5.74) is -0.179. The summed E-state index contributed by atoms with van der Waals surface area (Å²) in [4.78, 5) is 20.3. The molecule has 0 bridgehead atoms. The molecule has 0 aliphatic carbocycles. The van der Waals surface area contributed by atoms with Crippen LogP contribution in [-0.2, 0) is 16.4 Å². The van der Waals surface area contributed by atoms with Gasteiger partial charge in [0.2, 0.25) is 11.8 Å². The van der Waals surface area contributed by atoms with Crippen LogP contribution in [0.2, 0.25) is 0 Å². The van der Waals surface area contributed by atoms with E-state index in [1.165, 1.54) is 6.07 Å². The number of anilines is 2. The quantitative estimate of drug-likeness (QED) is 0.808. The van der Waals surface area contributed by atoms with Crippen molar-refractivity contribution >= 4 is 17.6 Å². The number of amides is 1. The van der Waals surface area contributed by atoms with Gasteiger partial charge >= 0.3 is 6.18 Å². The van der Waals surface area contributed by atoms with E-state index in [9.17, 15) is 18.0 Å². The zero-order chi connectivity index (χ0) is 21.9. The van der Waals surface area contributed by atoms with E-state index in [2.05, 4.69) is 15.5 Å². The van der Waals surface area contributed by atoms with Gasteiger partial charge < -0.3 is 9.42 Å². The minimum absolute atomic E-state index is 0.174. The first-order valence-electron chi connectivity index (χ1n) is 9.80. The molecule has 1 aliphatic heterocycles. The van der Waals surface area contributed by atoms with Crippen LogP contribution in [0.25, 0.3) is 0 Å². The van der Waals surface area contributed by atoms with Gasteiger partial charge in [0.1, 0.15) is 5.82 Å². The summed E-state index contributed by atoms with van der Waals surface area (Å²) in [5, 5.41) is 6.70. The van der Waals surface area contributed by atoms with Crippen molar-refractivity contribution in [2.24, 2.45) is 0 Å². The summed E-state index contributed by atoms with van der Waals surface area (Å²) in [7, 11) is 0. The molecule has 0 atom stereocenters. The Labute approximate surface area is 173 Å². The molecule has 2 aromatic rings. The van der Waals surface area contributed by atoms with E-state index in [0.717, 1.165) is 24.4 Å². The molecule has 1 N–H and O–H groups in total. The summed E-state index contributed by atoms with van der Waals surface area (Å²) < 4.78 is 43.3. The molecule has 10 heteroatoms. The van der Waals surface area contributed by atoms with Crippen molar-refractivity contribution in [2.45, 2.75) is 38.8 Å². The van der Waals surface area contributed by atoms with Crippen molar-refractivity contribution in [1.29, 1.82) is 0 Å². The number of halogens is 3. The van der Waals surface area contributed by atoms with Gasteiger partial charge in [0.25, 0.3) is 0 Å². The molecule has 0 spiro atoms. The van der Waals surface area contributed by atoms with E-state index < -0.39 is 11.7 Å². The molecule has 164 valence electrons. The molecular weight excluding hydrogens is 399 g/mol. The van der Waals surface area contributed by atoms with Crippen molar-refractivity contribution in [2.75, 3.05) is 42.9 Å². The molecule has 1 amide bonds. The zero-order valence-electron chi connectivity index (χ0n) is 17.3. The molecule has 1 fully saturated rings. The molecule has 1 saturated heterocycles. The van der Waals surface area contributed by atoms with Crippen LogP contribution in [0.5, 0.6) is 0 Å². The number of hydrogen-bond donors (Lipinski definition) is 1. The van der Waals surface area contributed by atoms with Gasteiger partial charge in [-0.25, -0.2) is 4.98 Å². The van der Waals surface area contributed by atoms with Crippen LogP contribution in [0.4, 0.5) is 24.9 Å². The zero-order valence-corrected chi connectivity index (χ0v) is 17.3. The molecular formula is C20H26F3N5O2. The molecule has 30 heavy (non-hydrogen) atoms. The average Bonchev–Trinajstić information content (AvgIpc) is 3.00. The fourth-order valence-corrected chi connectivity index (χ4v) is 3.17. The molecule has 0 aromatic carbocycles. The number of rotatable bonds is 4. The first-order valence-corrected chi connectivity index (χ1v) is 9.80. The Balaban J connectivity index is 1.52. The summed E-state index contributed by atoms with van der Waals surface area (Å²) in [6, 6.07) is 4.15. The number of pyridine rings is 1. The van der Waals surface area contributed by atoms with E-state index in [1.54, 1.807) is 6.07 Å². The van der Waals surface area contributed by atoms with E-state index in [0.29, 0.717) is 37.9 Å². The first kappa shape index (κ1) is 22.1. The lowest BCUT2D eigenvalue weighted by molar-refractivity contribution is -0.137. The number of nitrogens with one attached hydrogen (secondary N) is 1. The van der Waals surface area contributed by atoms with Crippen LogP contribution < -0.4 is 10.2 Å². The van der Waals surface area contributed by atoms with Crippen molar-refractivity contribution in [3.05, 3.63) is 35.7 Å². The highest BCUT2D eigenvalue weighted by Gasteiger charge is 2.31. The number of hydrogen-bond acceptors (Lipinski definition) is 6. The maximum absolute atomic E-state index is 12.7. The van der Waals surface area contributed by atoms with Gasteiger partial charge in [0.15, 0.2) is 0 Å². The van der Waals surface area contributed by atoms with Crippen molar-refractivity contribution in [3.63, 3.8) is 0 Å². The van der Waals surface area contributed by atoms with Crippen molar-refractivity contribution < 1.29 is 22.5 Å². The molecule has 0 unspecified atom stereocenters. The lowest BCUT2D eigenvalue weighted by atomic mass is 9.92. The predicted molar refractivity (Wildman–Crippen MR) is 106 cm³/mol. The van der Waals surface area contributed by atoms with Gasteiger partial charge in [0.05, 0.1) is 17.8 Å². The van der Waals surface area contributed by atoms with E-state index in [4.69, 9.17) is 4.52 Å². The lowest BCUT2D eigenvalue weighted by Crippen LogP contribution is -2.36. The minimum Gasteiger partial charge on any atom is -0.355 e. The summed E-state index contributed by atoms with van der Waals surface area (Å²) in [6.07, 6.45) is -2.77. The van der Waals surface area contributed by atoms with Gasteiger partial charge in [-0.2, -0.15) is 13.2 Å². The largest absolute Gasteiger partial charge is 0.417 e. The number of alkyl halides is 3. The molecule has 2 aromatic heterocycles. The number of nitrogens with zero attached hydrogens (tertiary/aromatic N) is 4. The third-order valence-corrected chi connectivity index (χ3v) is 4.90. The van der Waals surface area contributed by atoms with Gasteiger partial charge in [-0.3, -0.25) is 15.0 Å². The highest BCUT2D eigenvalue weighted by molar-refractivity contribution is 5.91. The Morgan fingerprint density at radius 1 is 1.17 bits per heavy atom. The normalized spacial score (nSPS) is 16.4. The van der Waals surface area contributed by atoms with Crippen molar-refractivity contribution in [3.8, 4) is 0 Å². The summed E-state index contributed by atoms with van der Waals surface area (Å²) in [5.74, 6) is 0.619. The van der Waals surface area contributed by atoms with E-state index in [1.807, 2.05) is 30.6 Å². The van der Waals surface area contributed by atoms with Gasteiger partial charge in [0, 0.05) is 43.9 Å². The Morgan fingerprint density at radius 2 is 1.93 bits per heavy atom. The van der Waals surface area contributed by atoms with Crippen LogP contribution in [0.1, 0.15) is 38.4 Å². The minimum atomic E-state index is -4.40. The van der Waals surface area contributed by atoms with E-state index >= 15 is 0 Å². The SMILES string of the molecule is CC(C)(C)c1cc(NC(=O)CN2CCCN(c3ccc(C(F)(F)F)cn3)CC2)on1. The maximum atomic E-state index is 12.7. The second kappa shape index (κ2) is 8.63. The molecule has 1 aliphatic rings. The maximum Gasteiger partial charge on any atom is 0.417 e. The summed E-state index contributed by atoms with van der Waals surface area (Å²) in [6.45, 7) is 8.74. The number of carbonyl (C=O) groups is 1. The highest BCUT2D eigenvalue weighted by Crippen LogP contribution is 2.29. The standard InChI is InChI=1S/C20H26F3N5O2/c1-19(2,3)15-11-18(30-26-15)25-17(29)13-27-7-4-8-28(10-9-27)16-6-5-14(12-24-16)20(21,22)23/h5-6,11-12H,4,7-10,13H2,1-3H3,(H,25,29). The highest BCUT2D eigenvalue weighted by atomic mass is 19.4. The van der Waals surface area contributed by atoms with Crippen LogP contribution in [0, 0.1) is 0 Å². The van der Waals surface area contributed by atoms with Crippen molar-refractivity contribution in [1.82, 2.24) is 15.0 Å². The Hall–Kier alpha value is -2.62. The van der Waals surface area contributed by atoms with Crippen LogP contribution in [0.3, 0.4) is 0 Å². The predicted octanol–water partition coefficient (Wildman–Crippen LogP) is 3.54. The molecule has 7 nitrogen and oxygen atoms in total. The molecule has 0 radical (unpaired) electrons. The third kappa shape index (κ3) is 5.71. The van der Waals surface area contributed by atoms with Crippen LogP contribution in [-0.4, -0.2) is 53.7 Å². The lowest BCUT2D eigenvalue weighted by Gasteiger charge is -2.22. The molecule has 0 saturated carbocycles. The topological polar surface area (TPSA) is 74.5 Å². The fourth-order valence-electron chi connectivity index (χ4n) is 3.17. The van der Waals surface area contributed by atoms with Gasteiger partial charge in [-0.1, -0.05) is 25.9 Å². The van der Waals surface area contributed by atoms with Gasteiger partial charge in [-0.05, 0) is 18.6 Å². The van der Waals surface area contributed by atoms with Gasteiger partial charge in [-0.15, -0.1) is 0 Å². The smallest absolute Gasteiger partial charge is 0.355 e. The second-order valence-electron chi connectivity index (χ2n) is 8.39.